The fourth-order valence-corrected chi connectivity index (χ4v) is 1.90. The van der Waals surface area contributed by atoms with E-state index in [2.05, 4.69) is 41.3 Å². The molecule has 0 spiro atoms. The average molecular weight is 304 g/mol. The molecule has 0 aliphatic rings. The summed E-state index contributed by atoms with van der Waals surface area (Å²) in [5, 5.41) is 23.2. The summed E-state index contributed by atoms with van der Waals surface area (Å²) in [6.07, 6.45) is 1.60. The predicted octanol–water partition coefficient (Wildman–Crippen LogP) is 1.13. The summed E-state index contributed by atoms with van der Waals surface area (Å²) in [5.74, 6) is -0.443. The summed E-state index contributed by atoms with van der Waals surface area (Å²) in [4.78, 5) is 13.2. The van der Waals surface area contributed by atoms with Crippen molar-refractivity contribution in [3.63, 3.8) is 0 Å². The van der Waals surface area contributed by atoms with Gasteiger partial charge in [-0.2, -0.15) is 5.10 Å². The first kappa shape index (κ1) is 11.1. The maximum Gasteiger partial charge on any atom is 0.313 e. The van der Waals surface area contributed by atoms with Crippen LogP contribution < -0.4 is 0 Å². The Bertz CT molecular complexity index is 510. The Morgan fingerprint density at radius 3 is 3.00 bits per heavy atom. The number of H-pyrrole nitrogens is 2. The lowest BCUT2D eigenvalue weighted by atomic mass is 10.4. The highest BCUT2D eigenvalue weighted by atomic mass is 79.9. The van der Waals surface area contributed by atoms with Crippen LogP contribution in [0.15, 0.2) is 15.8 Å². The molecule has 16 heavy (non-hydrogen) atoms. The highest BCUT2D eigenvalue weighted by Crippen LogP contribution is 2.23. The maximum absolute atomic E-state index is 10.4. The first-order valence-electron chi connectivity index (χ1n) is 4.13. The first-order valence-corrected chi connectivity index (χ1v) is 5.91. The molecule has 0 amide bonds. The molecule has 2 rings (SSSR count). The van der Waals surface area contributed by atoms with Crippen molar-refractivity contribution in [3.8, 4) is 11.5 Å². The zero-order valence-electron chi connectivity index (χ0n) is 7.77. The van der Waals surface area contributed by atoms with Gasteiger partial charge in [0, 0.05) is 0 Å². The number of nitrogens with zero attached hydrogens (tertiary/aromatic N) is 3. The van der Waals surface area contributed by atoms with E-state index in [1.165, 1.54) is 0 Å². The number of halogens is 1. The van der Waals surface area contributed by atoms with E-state index in [1.807, 2.05) is 0 Å². The fourth-order valence-electron chi connectivity index (χ4n) is 0.992. The summed E-state index contributed by atoms with van der Waals surface area (Å²) in [5.41, 5.74) is 0.676. The smallest absolute Gasteiger partial charge is 0.313 e. The van der Waals surface area contributed by atoms with E-state index in [9.17, 15) is 4.79 Å². The van der Waals surface area contributed by atoms with Gasteiger partial charge in [0.25, 0.3) is 0 Å². The van der Waals surface area contributed by atoms with Gasteiger partial charge in [-0.1, -0.05) is 11.8 Å². The van der Waals surface area contributed by atoms with Gasteiger partial charge in [-0.3, -0.25) is 9.89 Å². The molecule has 3 N–H and O–H groups in total. The molecule has 0 fully saturated rings. The number of thioether (sulfide) groups is 1. The van der Waals surface area contributed by atoms with Crippen molar-refractivity contribution in [3.05, 3.63) is 10.7 Å². The van der Waals surface area contributed by atoms with E-state index < -0.39 is 5.97 Å². The molecule has 7 nitrogen and oxygen atoms in total. The van der Waals surface area contributed by atoms with Crippen molar-refractivity contribution < 1.29 is 9.90 Å². The molecule has 2 aromatic rings. The number of aromatic amines is 2. The molecule has 0 aliphatic heterocycles. The third kappa shape index (κ3) is 2.42. The Hall–Kier alpha value is -1.35. The van der Waals surface area contributed by atoms with Crippen LogP contribution >= 0.6 is 27.7 Å². The van der Waals surface area contributed by atoms with Crippen molar-refractivity contribution in [2.24, 2.45) is 0 Å². The summed E-state index contributed by atoms with van der Waals surface area (Å²) in [6.45, 7) is 0. The zero-order valence-corrected chi connectivity index (χ0v) is 10.2. The monoisotopic (exact) mass is 303 g/mol. The van der Waals surface area contributed by atoms with Crippen molar-refractivity contribution in [1.82, 2.24) is 25.4 Å². The second kappa shape index (κ2) is 4.66. The highest BCUT2D eigenvalue weighted by Gasteiger charge is 2.11. The van der Waals surface area contributed by atoms with Crippen LogP contribution in [0.3, 0.4) is 0 Å². The molecule has 84 valence electrons. The van der Waals surface area contributed by atoms with Crippen molar-refractivity contribution in [2.45, 2.75) is 5.16 Å². The number of rotatable bonds is 4. The van der Waals surface area contributed by atoms with Crippen LogP contribution in [0.5, 0.6) is 0 Å². The van der Waals surface area contributed by atoms with Crippen LogP contribution in [0, 0.1) is 0 Å². The number of hydrogen-bond acceptors (Lipinski definition) is 5. The topological polar surface area (TPSA) is 108 Å². The van der Waals surface area contributed by atoms with E-state index >= 15 is 0 Å². The summed E-state index contributed by atoms with van der Waals surface area (Å²) in [6, 6.07) is 0. The first-order chi connectivity index (χ1) is 7.66. The lowest BCUT2D eigenvalue weighted by molar-refractivity contribution is -0.133. The highest BCUT2D eigenvalue weighted by molar-refractivity contribution is 9.10. The van der Waals surface area contributed by atoms with Gasteiger partial charge in [0.05, 0.1) is 16.4 Å². The third-order valence-electron chi connectivity index (χ3n) is 1.63. The maximum atomic E-state index is 10.4. The molecule has 0 aromatic carbocycles. The van der Waals surface area contributed by atoms with Crippen LogP contribution in [0.1, 0.15) is 0 Å². The molecule has 0 radical (unpaired) electrons. The Morgan fingerprint density at radius 2 is 2.38 bits per heavy atom. The average Bonchev–Trinajstić information content (AvgIpc) is 2.83. The molecule has 2 aromatic heterocycles. The Kier molecular flexibility index (Phi) is 3.25. The lowest BCUT2D eigenvalue weighted by Gasteiger charge is -1.91. The van der Waals surface area contributed by atoms with Gasteiger partial charge < -0.3 is 10.1 Å². The van der Waals surface area contributed by atoms with Crippen molar-refractivity contribution in [1.29, 1.82) is 0 Å². The SMILES string of the molecule is O=C(O)CSc1nnc(-c2[nH]ncc2Br)[nH]1. The molecule has 0 unspecified atom stereocenters. The van der Waals surface area contributed by atoms with E-state index in [4.69, 9.17) is 5.11 Å². The molecule has 9 heteroatoms. The summed E-state index contributed by atoms with van der Waals surface area (Å²) < 4.78 is 0.762. The third-order valence-corrected chi connectivity index (χ3v) is 3.08. The summed E-state index contributed by atoms with van der Waals surface area (Å²) >= 11 is 4.37. The second-order valence-electron chi connectivity index (χ2n) is 2.75. The van der Waals surface area contributed by atoms with Gasteiger partial charge >= 0.3 is 5.97 Å². The number of nitrogens with one attached hydrogen (secondary N) is 2. The lowest BCUT2D eigenvalue weighted by Crippen LogP contribution is -1.97. The Balaban J connectivity index is 2.14. The second-order valence-corrected chi connectivity index (χ2v) is 4.57. The van der Waals surface area contributed by atoms with Crippen LogP contribution in [0.4, 0.5) is 0 Å². The zero-order chi connectivity index (χ0) is 11.5. The molecule has 2 heterocycles. The minimum Gasteiger partial charge on any atom is -0.481 e. The molecular formula is C7H6BrN5O2S. The van der Waals surface area contributed by atoms with E-state index in [0.29, 0.717) is 16.7 Å². The van der Waals surface area contributed by atoms with Crippen molar-refractivity contribution >= 4 is 33.7 Å². The van der Waals surface area contributed by atoms with Gasteiger partial charge in [-0.15, -0.1) is 10.2 Å². The van der Waals surface area contributed by atoms with Crippen LogP contribution in [0.2, 0.25) is 0 Å². The van der Waals surface area contributed by atoms with Gasteiger partial charge in [-0.05, 0) is 15.9 Å². The standard InChI is InChI=1S/C7H6BrN5O2S/c8-3-1-9-11-5(3)6-10-7(13-12-6)16-2-4(14)15/h1H,2H2,(H,9,11)(H,14,15)(H,10,12,13). The summed E-state index contributed by atoms with van der Waals surface area (Å²) in [7, 11) is 0. The predicted molar refractivity (Wildman–Crippen MR) is 60.0 cm³/mol. The number of carboxylic acids is 1. The molecule has 0 atom stereocenters. The normalized spacial score (nSPS) is 10.6. The minimum absolute atomic E-state index is 0.0568. The molecule has 0 saturated heterocycles. The van der Waals surface area contributed by atoms with Crippen molar-refractivity contribution in [2.75, 3.05) is 5.75 Å². The number of hydrogen-bond donors (Lipinski definition) is 3. The number of carbonyl (C=O) groups is 1. The van der Waals surface area contributed by atoms with Crippen LogP contribution in [0.25, 0.3) is 11.5 Å². The molecule has 0 saturated carbocycles. The van der Waals surface area contributed by atoms with E-state index in [0.717, 1.165) is 16.2 Å². The number of carboxylic acid groups (broad SMARTS) is 1. The molecule has 0 bridgehead atoms. The van der Waals surface area contributed by atoms with Crippen LogP contribution in [-0.4, -0.2) is 42.2 Å². The van der Waals surface area contributed by atoms with Gasteiger partial charge in [0.2, 0.25) is 0 Å². The van der Waals surface area contributed by atoms with Crippen LogP contribution in [-0.2, 0) is 4.79 Å². The van der Waals surface area contributed by atoms with Gasteiger partial charge in [0.1, 0.15) is 5.69 Å². The van der Waals surface area contributed by atoms with Gasteiger partial charge in [-0.25, -0.2) is 0 Å². The van der Waals surface area contributed by atoms with E-state index in [-0.39, 0.29) is 5.75 Å². The Morgan fingerprint density at radius 1 is 1.56 bits per heavy atom. The number of aliphatic carboxylic acids is 1. The minimum atomic E-state index is -0.898. The largest absolute Gasteiger partial charge is 0.481 e. The molecule has 0 aliphatic carbocycles. The van der Waals surface area contributed by atoms with Gasteiger partial charge in [0.15, 0.2) is 11.0 Å². The van der Waals surface area contributed by atoms with E-state index in [1.54, 1.807) is 6.20 Å². The number of aromatic nitrogens is 5. The fraction of sp³-hybridized carbons (Fsp3) is 0.143. The quantitative estimate of drug-likeness (QED) is 0.731. The molecular weight excluding hydrogens is 298 g/mol. The Labute approximate surface area is 102 Å².